The number of nitro groups is 1. The number of hydrogen-bond donors (Lipinski definition) is 1. The zero-order chi connectivity index (χ0) is 24.0. The van der Waals surface area contributed by atoms with Crippen molar-refractivity contribution in [3.8, 4) is 22.8 Å². The van der Waals surface area contributed by atoms with Crippen LogP contribution < -0.4 is 4.31 Å². The summed E-state index contributed by atoms with van der Waals surface area (Å²) in [7, 11) is -3.92. The van der Waals surface area contributed by atoms with Crippen molar-refractivity contribution in [3.05, 3.63) is 88.1 Å². The van der Waals surface area contributed by atoms with Crippen LogP contribution in [0.25, 0.3) is 16.9 Å². The number of nitrogens with zero attached hydrogens (tertiary/aromatic N) is 5. The van der Waals surface area contributed by atoms with Gasteiger partial charge in [-0.05, 0) is 43.7 Å². The lowest BCUT2D eigenvalue weighted by Crippen LogP contribution is -2.33. The van der Waals surface area contributed by atoms with Crippen molar-refractivity contribution < 1.29 is 18.4 Å². The summed E-state index contributed by atoms with van der Waals surface area (Å²) in [6.07, 6.45) is 1.66. The zero-order valence-electron chi connectivity index (χ0n) is 18.0. The van der Waals surface area contributed by atoms with Crippen molar-refractivity contribution in [2.24, 2.45) is 0 Å². The average Bonchev–Trinajstić information content (AvgIpc) is 3.05. The van der Waals surface area contributed by atoms with Gasteiger partial charge in [-0.3, -0.25) is 10.1 Å². The Balaban J connectivity index is 1.64. The van der Waals surface area contributed by atoms with E-state index < -0.39 is 14.9 Å². The van der Waals surface area contributed by atoms with Gasteiger partial charge in [0.05, 0.1) is 15.5 Å². The SMILES string of the molecule is Cc1ccc(S(=O)(=O)N2CCc3c(nn(-c4cccc([N+](=O)[O-])c4)c3O)-c3cccnc32)cc1. The van der Waals surface area contributed by atoms with Gasteiger partial charge in [0.15, 0.2) is 5.82 Å². The minimum absolute atomic E-state index is 0.0292. The van der Waals surface area contributed by atoms with Gasteiger partial charge in [0.25, 0.3) is 15.7 Å². The Bertz CT molecular complexity index is 1530. The molecular weight excluding hydrogens is 458 g/mol. The molecule has 5 rings (SSSR count). The number of aromatic hydroxyl groups is 1. The van der Waals surface area contributed by atoms with Gasteiger partial charge in [0.1, 0.15) is 5.69 Å². The Kier molecular flexibility index (Phi) is 5.05. The Morgan fingerprint density at radius 3 is 2.59 bits per heavy atom. The predicted octanol–water partition coefficient (Wildman–Crippen LogP) is 3.61. The van der Waals surface area contributed by atoms with Gasteiger partial charge in [-0.25, -0.2) is 22.4 Å². The number of nitro benzene ring substituents is 1. The first kappa shape index (κ1) is 21.6. The number of hydrogen-bond acceptors (Lipinski definition) is 7. The number of pyridine rings is 1. The third kappa shape index (κ3) is 3.46. The molecule has 0 amide bonds. The van der Waals surface area contributed by atoms with E-state index in [4.69, 9.17) is 0 Å². The molecule has 2 aromatic carbocycles. The molecule has 0 saturated carbocycles. The predicted molar refractivity (Wildman–Crippen MR) is 125 cm³/mol. The van der Waals surface area contributed by atoms with Gasteiger partial charge in [-0.1, -0.05) is 23.8 Å². The van der Waals surface area contributed by atoms with Crippen molar-refractivity contribution in [3.63, 3.8) is 0 Å². The first-order valence-corrected chi connectivity index (χ1v) is 11.8. The van der Waals surface area contributed by atoms with Crippen LogP contribution in [0.1, 0.15) is 11.1 Å². The van der Waals surface area contributed by atoms with Crippen LogP contribution in [-0.2, 0) is 16.4 Å². The summed E-state index contributed by atoms with van der Waals surface area (Å²) in [6, 6.07) is 15.7. The van der Waals surface area contributed by atoms with Crippen LogP contribution in [0.5, 0.6) is 5.88 Å². The zero-order valence-corrected chi connectivity index (χ0v) is 18.8. The normalized spacial score (nSPS) is 13.1. The molecule has 0 spiro atoms. The average molecular weight is 478 g/mol. The van der Waals surface area contributed by atoms with E-state index in [9.17, 15) is 23.6 Å². The maximum atomic E-state index is 13.5. The number of anilines is 1. The van der Waals surface area contributed by atoms with Gasteiger partial charge in [-0.2, -0.15) is 5.10 Å². The van der Waals surface area contributed by atoms with Gasteiger partial charge >= 0.3 is 0 Å². The van der Waals surface area contributed by atoms with E-state index in [1.807, 2.05) is 6.92 Å². The van der Waals surface area contributed by atoms with Crippen LogP contribution in [0.3, 0.4) is 0 Å². The number of aromatic nitrogens is 3. The second-order valence-electron chi connectivity index (χ2n) is 7.85. The maximum absolute atomic E-state index is 13.5. The van der Waals surface area contributed by atoms with E-state index in [0.717, 1.165) is 5.56 Å². The molecule has 0 saturated heterocycles. The fourth-order valence-corrected chi connectivity index (χ4v) is 5.42. The Morgan fingerprint density at radius 1 is 1.09 bits per heavy atom. The molecule has 1 aliphatic rings. The molecule has 1 N–H and O–H groups in total. The number of fused-ring (bicyclic) bond motifs is 3. The van der Waals surface area contributed by atoms with E-state index in [1.54, 1.807) is 42.5 Å². The first-order chi connectivity index (χ1) is 16.3. The van der Waals surface area contributed by atoms with Gasteiger partial charge in [0, 0.05) is 36.0 Å². The van der Waals surface area contributed by atoms with E-state index >= 15 is 0 Å². The van der Waals surface area contributed by atoms with E-state index in [0.29, 0.717) is 22.5 Å². The molecule has 4 aromatic rings. The van der Waals surface area contributed by atoms with Crippen LogP contribution in [0, 0.1) is 17.0 Å². The molecule has 0 bridgehead atoms. The second-order valence-corrected chi connectivity index (χ2v) is 9.72. The number of non-ortho nitro benzene ring substituents is 1. The van der Waals surface area contributed by atoms with Crippen LogP contribution >= 0.6 is 0 Å². The summed E-state index contributed by atoms with van der Waals surface area (Å²) >= 11 is 0. The van der Waals surface area contributed by atoms with Crippen molar-refractivity contribution in [1.29, 1.82) is 0 Å². The molecule has 2 aromatic heterocycles. The molecule has 11 heteroatoms. The summed E-state index contributed by atoms with van der Waals surface area (Å²) in [5.41, 5.74) is 2.35. The fourth-order valence-electron chi connectivity index (χ4n) is 3.98. The summed E-state index contributed by atoms with van der Waals surface area (Å²) in [5, 5.41) is 26.7. The van der Waals surface area contributed by atoms with E-state index in [2.05, 4.69) is 10.1 Å². The monoisotopic (exact) mass is 477 g/mol. The number of sulfonamides is 1. The Hall–Kier alpha value is -4.25. The standard InChI is InChI=1S/C23H19N5O5S/c1-15-7-9-18(10-8-15)34(32,33)26-13-11-20-21(19-6-3-12-24-22(19)26)25-27(23(20)29)16-4-2-5-17(14-16)28(30)31/h2-10,12,14,29H,11,13H2,1H3. The summed E-state index contributed by atoms with van der Waals surface area (Å²) in [6.45, 7) is 1.91. The van der Waals surface area contributed by atoms with Crippen molar-refractivity contribution in [2.45, 2.75) is 18.2 Å². The Morgan fingerprint density at radius 2 is 1.85 bits per heavy atom. The van der Waals surface area contributed by atoms with E-state index in [-0.39, 0.29) is 35.2 Å². The largest absolute Gasteiger partial charge is 0.493 e. The molecule has 3 heterocycles. The smallest absolute Gasteiger partial charge is 0.271 e. The van der Waals surface area contributed by atoms with Crippen molar-refractivity contribution >= 4 is 21.5 Å². The molecule has 0 aliphatic carbocycles. The second kappa shape index (κ2) is 7.96. The summed E-state index contributed by atoms with van der Waals surface area (Å²) in [4.78, 5) is 15.1. The lowest BCUT2D eigenvalue weighted by atomic mass is 10.1. The molecule has 0 unspecified atom stereocenters. The van der Waals surface area contributed by atoms with Crippen LogP contribution in [-0.4, -0.2) is 39.8 Å². The van der Waals surface area contributed by atoms with Gasteiger partial charge in [0.2, 0.25) is 5.88 Å². The van der Waals surface area contributed by atoms with Gasteiger partial charge < -0.3 is 5.11 Å². The highest BCUT2D eigenvalue weighted by atomic mass is 32.2. The topological polar surface area (TPSA) is 131 Å². The summed E-state index contributed by atoms with van der Waals surface area (Å²) in [5.74, 6) is -0.00889. The highest BCUT2D eigenvalue weighted by molar-refractivity contribution is 7.92. The van der Waals surface area contributed by atoms with Crippen LogP contribution in [0.15, 0.2) is 71.8 Å². The van der Waals surface area contributed by atoms with Crippen LogP contribution in [0.4, 0.5) is 11.5 Å². The Labute approximate surface area is 194 Å². The molecular formula is C23H19N5O5S. The summed E-state index contributed by atoms with van der Waals surface area (Å²) < 4.78 is 29.4. The number of benzene rings is 2. The number of aryl methyl sites for hydroxylation is 1. The highest BCUT2D eigenvalue weighted by Crippen LogP contribution is 2.40. The third-order valence-electron chi connectivity index (χ3n) is 5.69. The lowest BCUT2D eigenvalue weighted by Gasteiger charge is -2.23. The minimum atomic E-state index is -3.92. The van der Waals surface area contributed by atoms with Crippen molar-refractivity contribution in [1.82, 2.24) is 14.8 Å². The highest BCUT2D eigenvalue weighted by Gasteiger charge is 2.34. The van der Waals surface area contributed by atoms with Crippen molar-refractivity contribution in [2.75, 3.05) is 10.8 Å². The van der Waals surface area contributed by atoms with Gasteiger partial charge in [-0.15, -0.1) is 0 Å². The third-order valence-corrected chi connectivity index (χ3v) is 7.50. The molecule has 0 atom stereocenters. The molecule has 172 valence electrons. The van der Waals surface area contributed by atoms with E-state index in [1.165, 1.54) is 33.4 Å². The maximum Gasteiger partial charge on any atom is 0.271 e. The molecule has 0 radical (unpaired) electrons. The first-order valence-electron chi connectivity index (χ1n) is 10.4. The molecule has 1 aliphatic heterocycles. The molecule has 0 fully saturated rings. The minimum Gasteiger partial charge on any atom is -0.493 e. The molecule has 34 heavy (non-hydrogen) atoms. The fraction of sp³-hybridized carbons (Fsp3) is 0.130. The quantitative estimate of drug-likeness (QED) is 0.351. The van der Waals surface area contributed by atoms with Crippen LogP contribution in [0.2, 0.25) is 0 Å². The molecule has 10 nitrogen and oxygen atoms in total. The lowest BCUT2D eigenvalue weighted by molar-refractivity contribution is -0.384. The number of rotatable bonds is 4.